The average Bonchev–Trinajstić information content (AvgIpc) is 3.11. The first-order chi connectivity index (χ1) is 13.9. The van der Waals surface area contributed by atoms with Crippen molar-refractivity contribution in [2.75, 3.05) is 0 Å². The van der Waals surface area contributed by atoms with E-state index in [2.05, 4.69) is 0 Å². The van der Waals surface area contributed by atoms with Crippen molar-refractivity contribution in [1.29, 1.82) is 0 Å². The van der Waals surface area contributed by atoms with Crippen LogP contribution in [0.15, 0.2) is 69.5 Å². The minimum Gasteiger partial charge on any atom is -0.166 e. The van der Waals surface area contributed by atoms with Crippen molar-refractivity contribution in [1.82, 2.24) is 0 Å². The minimum atomic E-state index is -5.16. The number of hydrogen-bond donors (Lipinski definition) is 0. The molecule has 2 aromatic carbocycles. The third-order valence-electron chi connectivity index (χ3n) is 6.12. The highest BCUT2D eigenvalue weighted by molar-refractivity contribution is 8.06. The summed E-state index contributed by atoms with van der Waals surface area (Å²) in [6.45, 7) is 3.29. The number of allylic oxidation sites excluding steroid dienone is 2. The van der Waals surface area contributed by atoms with Crippen molar-refractivity contribution in [3.8, 4) is 0 Å². The van der Waals surface area contributed by atoms with Crippen LogP contribution in [0, 0.1) is 0 Å². The predicted octanol–water partition coefficient (Wildman–Crippen LogP) is 7.76. The van der Waals surface area contributed by atoms with Crippen LogP contribution < -0.4 is 0 Å². The molecule has 2 atom stereocenters. The molecule has 0 spiro atoms. The van der Waals surface area contributed by atoms with E-state index in [4.69, 9.17) is 0 Å². The molecule has 0 N–H and O–H groups in total. The summed E-state index contributed by atoms with van der Waals surface area (Å²) in [5.74, 6) is 0. The van der Waals surface area contributed by atoms with Gasteiger partial charge in [-0.05, 0) is 48.3 Å². The highest BCUT2D eigenvalue weighted by atomic mass is 32.2. The van der Waals surface area contributed by atoms with Crippen molar-refractivity contribution in [2.24, 2.45) is 0 Å². The molecular formula is C22H14F6S2. The second-order valence-corrected chi connectivity index (χ2v) is 10.7. The van der Waals surface area contributed by atoms with Gasteiger partial charge in [0, 0.05) is 9.79 Å². The molecule has 0 bridgehead atoms. The van der Waals surface area contributed by atoms with Gasteiger partial charge in [0.15, 0.2) is 0 Å². The summed E-state index contributed by atoms with van der Waals surface area (Å²) in [7, 11) is 0. The zero-order chi connectivity index (χ0) is 21.7. The van der Waals surface area contributed by atoms with Crippen LogP contribution in [0.5, 0.6) is 0 Å². The van der Waals surface area contributed by atoms with Gasteiger partial charge in [-0.3, -0.25) is 0 Å². The Labute approximate surface area is 177 Å². The van der Waals surface area contributed by atoms with Gasteiger partial charge in [0.2, 0.25) is 0 Å². The van der Waals surface area contributed by atoms with E-state index >= 15 is 0 Å². The number of thioether (sulfide) groups is 2. The molecule has 0 aromatic heterocycles. The molecule has 30 heavy (non-hydrogen) atoms. The van der Waals surface area contributed by atoms with Crippen LogP contribution in [-0.4, -0.2) is 21.8 Å². The number of alkyl halides is 6. The summed E-state index contributed by atoms with van der Waals surface area (Å²) >= 11 is 2.44. The van der Waals surface area contributed by atoms with Crippen LogP contribution in [-0.2, 0) is 0 Å². The molecule has 156 valence electrons. The molecule has 3 aliphatic rings. The summed E-state index contributed by atoms with van der Waals surface area (Å²) in [5, 5.41) is 0. The molecule has 2 aliphatic heterocycles. The lowest BCUT2D eigenvalue weighted by atomic mass is 9.68. The fourth-order valence-electron chi connectivity index (χ4n) is 4.82. The molecule has 2 unspecified atom stereocenters. The maximum absolute atomic E-state index is 14.4. The Kier molecular flexibility index (Phi) is 3.97. The predicted molar refractivity (Wildman–Crippen MR) is 107 cm³/mol. The fraction of sp³-hybridized carbons (Fsp3) is 0.273. The maximum Gasteiger partial charge on any atom is 0.417 e. The van der Waals surface area contributed by atoms with Crippen molar-refractivity contribution in [3.63, 3.8) is 0 Å². The minimum absolute atomic E-state index is 0.232. The first-order valence-electron chi connectivity index (χ1n) is 9.11. The lowest BCUT2D eigenvalue weighted by Gasteiger charge is -2.47. The molecule has 2 aromatic rings. The van der Waals surface area contributed by atoms with E-state index in [0.717, 1.165) is 0 Å². The summed E-state index contributed by atoms with van der Waals surface area (Å²) in [5.41, 5.74) is -3.18. The number of hydrogen-bond acceptors (Lipinski definition) is 2. The van der Waals surface area contributed by atoms with E-state index < -0.39 is 33.0 Å². The molecule has 0 saturated heterocycles. The van der Waals surface area contributed by atoms with Crippen LogP contribution >= 0.6 is 23.5 Å². The number of halogens is 6. The monoisotopic (exact) mass is 456 g/mol. The Balaban J connectivity index is 2.00. The summed E-state index contributed by atoms with van der Waals surface area (Å²) < 4.78 is 83.8. The summed E-state index contributed by atoms with van der Waals surface area (Å²) in [6, 6.07) is 12.8. The molecule has 1 aliphatic carbocycles. The normalized spacial score (nSPS) is 27.7. The smallest absolute Gasteiger partial charge is 0.166 e. The van der Waals surface area contributed by atoms with Gasteiger partial charge in [-0.1, -0.05) is 36.4 Å². The largest absolute Gasteiger partial charge is 0.417 e. The van der Waals surface area contributed by atoms with E-state index in [1.165, 1.54) is 35.7 Å². The number of rotatable bonds is 0. The second kappa shape index (κ2) is 5.91. The van der Waals surface area contributed by atoms with Crippen LogP contribution in [0.1, 0.15) is 25.0 Å². The van der Waals surface area contributed by atoms with Gasteiger partial charge in [-0.2, -0.15) is 26.3 Å². The van der Waals surface area contributed by atoms with Gasteiger partial charge in [0.25, 0.3) is 0 Å². The first-order valence-corrected chi connectivity index (χ1v) is 10.7. The van der Waals surface area contributed by atoms with Gasteiger partial charge in [-0.15, -0.1) is 23.5 Å². The van der Waals surface area contributed by atoms with Crippen molar-refractivity contribution < 1.29 is 26.3 Å². The summed E-state index contributed by atoms with van der Waals surface area (Å²) in [4.78, 5) is 1.13. The molecule has 0 nitrogen and oxygen atoms in total. The van der Waals surface area contributed by atoms with Gasteiger partial charge >= 0.3 is 12.4 Å². The quantitative estimate of drug-likeness (QED) is 0.372. The van der Waals surface area contributed by atoms with E-state index in [1.54, 1.807) is 50.2 Å². The van der Waals surface area contributed by atoms with Crippen LogP contribution in [0.25, 0.3) is 11.1 Å². The molecule has 0 saturated carbocycles. The lowest BCUT2D eigenvalue weighted by Crippen LogP contribution is -2.49. The highest BCUT2D eigenvalue weighted by Gasteiger charge is 2.67. The van der Waals surface area contributed by atoms with Gasteiger partial charge in [0.05, 0.1) is 20.6 Å². The maximum atomic E-state index is 14.4. The molecule has 0 amide bonds. The van der Waals surface area contributed by atoms with E-state index in [-0.39, 0.29) is 22.3 Å². The van der Waals surface area contributed by atoms with E-state index in [9.17, 15) is 26.3 Å². The Hall–Kier alpha value is -1.80. The molecular weight excluding hydrogens is 442 g/mol. The lowest BCUT2D eigenvalue weighted by molar-refractivity contribution is -0.117. The van der Waals surface area contributed by atoms with Crippen LogP contribution in [0.4, 0.5) is 26.3 Å². The topological polar surface area (TPSA) is 0 Å². The second-order valence-electron chi connectivity index (χ2n) is 7.76. The zero-order valence-electron chi connectivity index (χ0n) is 15.7. The average molecular weight is 456 g/mol. The van der Waals surface area contributed by atoms with Crippen LogP contribution in [0.3, 0.4) is 0 Å². The molecule has 8 heteroatoms. The van der Waals surface area contributed by atoms with Gasteiger partial charge in [-0.25, -0.2) is 0 Å². The molecule has 0 fully saturated rings. The Bertz CT molecular complexity index is 1070. The van der Waals surface area contributed by atoms with Crippen molar-refractivity contribution >= 4 is 34.7 Å². The third-order valence-corrected chi connectivity index (χ3v) is 9.44. The molecule has 5 rings (SSSR count). The molecule has 2 heterocycles. The SMILES string of the molecule is CC12Sc3ccccc3C1=C(C(F)(F)F)C(C(F)(F)F)=C1c3ccccc3SC12C. The van der Waals surface area contributed by atoms with E-state index in [0.29, 0.717) is 9.79 Å². The fourth-order valence-corrected chi connectivity index (χ4v) is 8.02. The highest BCUT2D eigenvalue weighted by Crippen LogP contribution is 2.74. The Morgan fingerprint density at radius 2 is 0.933 bits per heavy atom. The van der Waals surface area contributed by atoms with Crippen LogP contribution in [0.2, 0.25) is 0 Å². The number of benzene rings is 2. The van der Waals surface area contributed by atoms with Gasteiger partial charge in [0.1, 0.15) is 0 Å². The third kappa shape index (κ3) is 2.40. The van der Waals surface area contributed by atoms with Gasteiger partial charge < -0.3 is 0 Å². The standard InChI is InChI=1S/C22H14F6S2/c1-19-15(11-7-3-5-9-13(11)29-19)17(21(23,24)25)18(22(26,27)28)16-12-8-4-6-10-14(12)30-20(16,19)2/h3-10H,1-2H3. The Morgan fingerprint density at radius 1 is 0.600 bits per heavy atom. The zero-order valence-corrected chi connectivity index (χ0v) is 17.3. The Morgan fingerprint density at radius 3 is 1.27 bits per heavy atom. The number of fused-ring (bicyclic) bond motifs is 7. The summed E-state index contributed by atoms with van der Waals surface area (Å²) in [6.07, 6.45) is -10.3. The first kappa shape index (κ1) is 20.1. The van der Waals surface area contributed by atoms with Crippen molar-refractivity contribution in [3.05, 3.63) is 70.8 Å². The molecule has 0 radical (unpaired) electrons. The van der Waals surface area contributed by atoms with Crippen molar-refractivity contribution in [2.45, 2.75) is 45.5 Å². The van der Waals surface area contributed by atoms with E-state index in [1.807, 2.05) is 0 Å².